The molecule has 4 heterocycles. The molecular formula is C22H18F3N7. The lowest BCUT2D eigenvalue weighted by atomic mass is 10.0. The third-order valence-electron chi connectivity index (χ3n) is 5.51. The van der Waals surface area contributed by atoms with Crippen LogP contribution in [0.1, 0.15) is 29.8 Å². The summed E-state index contributed by atoms with van der Waals surface area (Å²) >= 11 is 0. The smallest absolute Gasteiger partial charge is 0.344 e. The van der Waals surface area contributed by atoms with Gasteiger partial charge in [0.25, 0.3) is 0 Å². The molecule has 0 saturated heterocycles. The van der Waals surface area contributed by atoms with Gasteiger partial charge < -0.3 is 4.98 Å². The molecule has 1 atom stereocenters. The minimum absolute atomic E-state index is 0.158. The average molecular weight is 437 g/mol. The summed E-state index contributed by atoms with van der Waals surface area (Å²) in [5.74, 6) is 0. The van der Waals surface area contributed by atoms with Crippen molar-refractivity contribution in [3.63, 3.8) is 0 Å². The van der Waals surface area contributed by atoms with Crippen LogP contribution in [-0.2, 0) is 6.18 Å². The molecule has 0 bridgehead atoms. The molecule has 0 spiro atoms. The molecule has 0 saturated carbocycles. The van der Waals surface area contributed by atoms with E-state index in [1.54, 1.807) is 44.0 Å². The quantitative estimate of drug-likeness (QED) is 0.407. The highest BCUT2D eigenvalue weighted by Gasteiger charge is 2.34. The van der Waals surface area contributed by atoms with Crippen molar-refractivity contribution in [3.8, 4) is 22.4 Å². The monoisotopic (exact) mass is 437 g/mol. The Kier molecular flexibility index (Phi) is 4.58. The van der Waals surface area contributed by atoms with Gasteiger partial charge in [0, 0.05) is 34.8 Å². The van der Waals surface area contributed by atoms with Gasteiger partial charge in [-0.25, -0.2) is 9.97 Å². The second kappa shape index (κ2) is 7.33. The largest absolute Gasteiger partial charge is 0.416 e. The zero-order valence-corrected chi connectivity index (χ0v) is 17.1. The molecule has 1 aromatic carbocycles. The number of nitrogens with one attached hydrogen (secondary N) is 2. The van der Waals surface area contributed by atoms with Crippen LogP contribution in [-0.4, -0.2) is 34.9 Å². The number of hydrogen-bond donors (Lipinski definition) is 2. The lowest BCUT2D eigenvalue weighted by molar-refractivity contribution is -0.138. The van der Waals surface area contributed by atoms with E-state index in [0.29, 0.717) is 16.9 Å². The molecule has 10 heteroatoms. The molecule has 0 radical (unpaired) electrons. The first kappa shape index (κ1) is 20.0. The van der Waals surface area contributed by atoms with Crippen molar-refractivity contribution < 1.29 is 13.2 Å². The molecule has 0 fully saturated rings. The van der Waals surface area contributed by atoms with Gasteiger partial charge in [-0.05, 0) is 25.5 Å². The van der Waals surface area contributed by atoms with E-state index >= 15 is 0 Å². The summed E-state index contributed by atoms with van der Waals surface area (Å²) in [7, 11) is 0. The van der Waals surface area contributed by atoms with Crippen molar-refractivity contribution in [1.29, 1.82) is 0 Å². The van der Waals surface area contributed by atoms with E-state index in [1.165, 1.54) is 16.8 Å². The molecule has 2 N–H and O–H groups in total. The number of aromatic nitrogens is 7. The highest BCUT2D eigenvalue weighted by molar-refractivity contribution is 5.91. The van der Waals surface area contributed by atoms with E-state index in [9.17, 15) is 13.2 Å². The van der Waals surface area contributed by atoms with Gasteiger partial charge in [-0.3, -0.25) is 9.78 Å². The first-order chi connectivity index (χ1) is 15.3. The van der Waals surface area contributed by atoms with Gasteiger partial charge >= 0.3 is 6.18 Å². The summed E-state index contributed by atoms with van der Waals surface area (Å²) in [5.41, 5.74) is 4.62. The number of aryl methyl sites for hydroxylation is 1. The highest BCUT2D eigenvalue weighted by Crippen LogP contribution is 2.36. The molecule has 7 nitrogen and oxygen atoms in total. The number of aromatic amines is 2. The van der Waals surface area contributed by atoms with Gasteiger partial charge in [0.2, 0.25) is 0 Å². The van der Waals surface area contributed by atoms with E-state index in [2.05, 4.69) is 25.3 Å². The summed E-state index contributed by atoms with van der Waals surface area (Å²) in [6.45, 7) is 3.59. The minimum Gasteiger partial charge on any atom is -0.344 e. The SMILES string of the molecule is Cc1[nH]ncc1-c1cnc2[nH]cc(-c3cnn(C(C)c4ccccc4C(F)(F)F)c3)c2n1. The molecule has 0 amide bonds. The van der Waals surface area contributed by atoms with Crippen molar-refractivity contribution in [2.45, 2.75) is 26.1 Å². The second-order valence-electron chi connectivity index (χ2n) is 7.53. The van der Waals surface area contributed by atoms with Gasteiger partial charge in [-0.2, -0.15) is 23.4 Å². The standard InChI is InChI=1S/C22H18F3N7/c1-12-16(9-28-31-12)19-10-27-21-20(30-19)17(8-26-21)14-7-29-32(11-14)13(2)15-5-3-4-6-18(15)22(23,24)25/h3-11,13H,1-2H3,(H,26,27)(H,28,31). The maximum absolute atomic E-state index is 13.5. The van der Waals surface area contributed by atoms with Gasteiger partial charge in [0.1, 0.15) is 5.52 Å². The summed E-state index contributed by atoms with van der Waals surface area (Å²) in [5, 5.41) is 11.2. The van der Waals surface area contributed by atoms with Gasteiger partial charge in [0.05, 0.1) is 35.9 Å². The molecule has 4 aromatic heterocycles. The molecule has 5 aromatic rings. The molecular weight excluding hydrogens is 419 g/mol. The number of hydrogen-bond acceptors (Lipinski definition) is 4. The Bertz CT molecular complexity index is 1410. The molecule has 162 valence electrons. The van der Waals surface area contributed by atoms with Crippen LogP contribution in [0.5, 0.6) is 0 Å². The summed E-state index contributed by atoms with van der Waals surface area (Å²) in [6, 6.07) is 4.94. The van der Waals surface area contributed by atoms with E-state index < -0.39 is 17.8 Å². The number of rotatable bonds is 4. The van der Waals surface area contributed by atoms with E-state index in [0.717, 1.165) is 28.5 Å². The third kappa shape index (κ3) is 3.33. The Morgan fingerprint density at radius 2 is 1.88 bits per heavy atom. The van der Waals surface area contributed by atoms with Crippen molar-refractivity contribution in [1.82, 2.24) is 34.9 Å². The highest BCUT2D eigenvalue weighted by atomic mass is 19.4. The van der Waals surface area contributed by atoms with Crippen LogP contribution in [0, 0.1) is 6.92 Å². The summed E-state index contributed by atoms with van der Waals surface area (Å²) in [4.78, 5) is 12.3. The lowest BCUT2D eigenvalue weighted by Gasteiger charge is -2.18. The number of H-pyrrole nitrogens is 2. The van der Waals surface area contributed by atoms with Crippen LogP contribution < -0.4 is 0 Å². The Labute approximate surface area is 180 Å². The van der Waals surface area contributed by atoms with Crippen LogP contribution >= 0.6 is 0 Å². The van der Waals surface area contributed by atoms with E-state index in [4.69, 9.17) is 4.98 Å². The Morgan fingerprint density at radius 3 is 2.62 bits per heavy atom. The summed E-state index contributed by atoms with van der Waals surface area (Å²) < 4.78 is 41.9. The van der Waals surface area contributed by atoms with Crippen LogP contribution in [0.2, 0.25) is 0 Å². The molecule has 0 aliphatic carbocycles. The minimum atomic E-state index is -4.44. The predicted molar refractivity (Wildman–Crippen MR) is 113 cm³/mol. The number of benzene rings is 1. The number of alkyl halides is 3. The van der Waals surface area contributed by atoms with Crippen molar-refractivity contribution in [3.05, 3.63) is 72.1 Å². The topological polar surface area (TPSA) is 88.1 Å². The average Bonchev–Trinajstić information content (AvgIpc) is 3.51. The normalized spacial score (nSPS) is 13.0. The zero-order chi connectivity index (χ0) is 22.5. The van der Waals surface area contributed by atoms with Crippen LogP contribution in [0.25, 0.3) is 33.5 Å². The maximum atomic E-state index is 13.5. The third-order valence-corrected chi connectivity index (χ3v) is 5.51. The van der Waals surface area contributed by atoms with Crippen LogP contribution in [0.15, 0.2) is 55.2 Å². The fraction of sp³-hybridized carbons (Fsp3) is 0.182. The molecule has 5 rings (SSSR count). The molecule has 32 heavy (non-hydrogen) atoms. The van der Waals surface area contributed by atoms with Gasteiger partial charge in [-0.1, -0.05) is 18.2 Å². The van der Waals surface area contributed by atoms with Gasteiger partial charge in [-0.15, -0.1) is 0 Å². The lowest BCUT2D eigenvalue weighted by Crippen LogP contribution is -2.15. The fourth-order valence-corrected chi connectivity index (χ4v) is 3.80. The first-order valence-electron chi connectivity index (χ1n) is 9.88. The van der Waals surface area contributed by atoms with Crippen molar-refractivity contribution >= 4 is 11.2 Å². The number of fused-ring (bicyclic) bond motifs is 1. The van der Waals surface area contributed by atoms with Gasteiger partial charge in [0.15, 0.2) is 5.65 Å². The summed E-state index contributed by atoms with van der Waals surface area (Å²) in [6.07, 6.45) is 4.03. The van der Waals surface area contributed by atoms with E-state index in [1.807, 2.05) is 6.92 Å². The molecule has 0 aliphatic heterocycles. The van der Waals surface area contributed by atoms with Crippen LogP contribution in [0.3, 0.4) is 0 Å². The fourth-order valence-electron chi connectivity index (χ4n) is 3.80. The van der Waals surface area contributed by atoms with Crippen LogP contribution in [0.4, 0.5) is 13.2 Å². The number of halogens is 3. The predicted octanol–water partition coefficient (Wildman–Crippen LogP) is 5.15. The van der Waals surface area contributed by atoms with E-state index in [-0.39, 0.29) is 5.56 Å². The second-order valence-corrected chi connectivity index (χ2v) is 7.53. The maximum Gasteiger partial charge on any atom is 0.416 e. The number of nitrogens with zero attached hydrogens (tertiary/aromatic N) is 5. The zero-order valence-electron chi connectivity index (χ0n) is 17.1. The van der Waals surface area contributed by atoms with Crippen molar-refractivity contribution in [2.24, 2.45) is 0 Å². The first-order valence-corrected chi connectivity index (χ1v) is 9.88. The molecule has 1 unspecified atom stereocenters. The Morgan fingerprint density at radius 1 is 1.06 bits per heavy atom. The Balaban J connectivity index is 1.54. The van der Waals surface area contributed by atoms with Crippen molar-refractivity contribution in [2.75, 3.05) is 0 Å². The Hall–Kier alpha value is -3.95. The molecule has 0 aliphatic rings.